The normalized spacial score (nSPS) is 13.6. The summed E-state index contributed by atoms with van der Waals surface area (Å²) in [5.74, 6) is -2.34. The fourth-order valence-electron chi connectivity index (χ4n) is 2.87. The summed E-state index contributed by atoms with van der Waals surface area (Å²) in [6.07, 6.45) is 1.55. The quantitative estimate of drug-likeness (QED) is 0.834. The number of sulfonamides is 1. The largest absolute Gasteiger partial charge is 0.310 e. The molecule has 8 heteroatoms. The van der Waals surface area contributed by atoms with Crippen LogP contribution in [0.25, 0.3) is 0 Å². The molecule has 2 aromatic carbocycles. The Morgan fingerprint density at radius 2 is 1.92 bits per heavy atom. The first-order chi connectivity index (χ1) is 11.8. The van der Waals surface area contributed by atoms with Crippen molar-refractivity contribution in [1.29, 1.82) is 0 Å². The number of halogens is 2. The highest BCUT2D eigenvalue weighted by molar-refractivity contribution is 7.92. The maximum atomic E-state index is 14.0. The van der Waals surface area contributed by atoms with E-state index in [1.54, 1.807) is 12.1 Å². The van der Waals surface area contributed by atoms with Crippen LogP contribution >= 0.6 is 0 Å². The predicted molar refractivity (Wildman–Crippen MR) is 91.0 cm³/mol. The molecule has 0 saturated heterocycles. The van der Waals surface area contributed by atoms with E-state index in [2.05, 4.69) is 0 Å². The molecule has 1 heterocycles. The zero-order valence-corrected chi connectivity index (χ0v) is 14.3. The average Bonchev–Trinajstić information content (AvgIpc) is 2.96. The monoisotopic (exact) mass is 366 g/mol. The van der Waals surface area contributed by atoms with E-state index in [0.29, 0.717) is 23.3 Å². The van der Waals surface area contributed by atoms with E-state index in [1.807, 2.05) is 12.1 Å². The van der Waals surface area contributed by atoms with Gasteiger partial charge in [0.25, 0.3) is 0 Å². The third kappa shape index (κ3) is 3.48. The number of hydrogen-bond acceptors (Lipinski definition) is 3. The fourth-order valence-corrected chi connectivity index (χ4v) is 3.72. The highest BCUT2D eigenvalue weighted by Gasteiger charge is 2.29. The first-order valence-corrected chi connectivity index (χ1v) is 9.43. The van der Waals surface area contributed by atoms with Crippen LogP contribution in [0.15, 0.2) is 42.5 Å². The Labute approximate surface area is 144 Å². The number of benzene rings is 2. The van der Waals surface area contributed by atoms with Crippen LogP contribution in [-0.4, -0.2) is 33.7 Å². The van der Waals surface area contributed by atoms with E-state index >= 15 is 0 Å². The Hall–Kier alpha value is -2.48. The van der Waals surface area contributed by atoms with E-state index in [-0.39, 0.29) is 5.69 Å². The van der Waals surface area contributed by atoms with Crippen LogP contribution in [0.3, 0.4) is 0 Å². The molecule has 1 aliphatic rings. The van der Waals surface area contributed by atoms with Gasteiger partial charge in [-0.25, -0.2) is 17.2 Å². The molecule has 0 unspecified atom stereocenters. The van der Waals surface area contributed by atoms with E-state index in [9.17, 15) is 22.0 Å². The SMILES string of the molecule is CS(=O)(=O)N(CC(=O)N1CCc2ccccc21)c1ccc(F)cc1F. The second kappa shape index (κ2) is 6.44. The predicted octanol–water partition coefficient (Wildman–Crippen LogP) is 2.32. The van der Waals surface area contributed by atoms with Gasteiger partial charge in [-0.1, -0.05) is 18.2 Å². The summed E-state index contributed by atoms with van der Waals surface area (Å²) >= 11 is 0. The number of carbonyl (C=O) groups is 1. The van der Waals surface area contributed by atoms with Crippen LogP contribution in [0.4, 0.5) is 20.2 Å². The number of nitrogens with zero attached hydrogens (tertiary/aromatic N) is 2. The van der Waals surface area contributed by atoms with Gasteiger partial charge in [0.1, 0.15) is 18.2 Å². The van der Waals surface area contributed by atoms with Gasteiger partial charge < -0.3 is 4.90 Å². The van der Waals surface area contributed by atoms with Gasteiger partial charge in [0.15, 0.2) is 0 Å². The number of hydrogen-bond donors (Lipinski definition) is 0. The van der Waals surface area contributed by atoms with Gasteiger partial charge in [0.05, 0.1) is 11.9 Å². The minimum absolute atomic E-state index is 0.357. The van der Waals surface area contributed by atoms with Crippen molar-refractivity contribution in [2.75, 3.05) is 28.6 Å². The molecule has 0 aliphatic carbocycles. The number of fused-ring (bicyclic) bond motifs is 1. The summed E-state index contributed by atoms with van der Waals surface area (Å²) in [4.78, 5) is 14.1. The summed E-state index contributed by atoms with van der Waals surface area (Å²) in [7, 11) is -3.93. The van der Waals surface area contributed by atoms with E-state index in [0.717, 1.165) is 29.6 Å². The lowest BCUT2D eigenvalue weighted by molar-refractivity contribution is -0.117. The smallest absolute Gasteiger partial charge is 0.247 e. The lowest BCUT2D eigenvalue weighted by Crippen LogP contribution is -2.42. The van der Waals surface area contributed by atoms with Crippen LogP contribution in [0.5, 0.6) is 0 Å². The van der Waals surface area contributed by atoms with Crippen molar-refractivity contribution in [2.45, 2.75) is 6.42 Å². The zero-order valence-electron chi connectivity index (χ0n) is 13.4. The van der Waals surface area contributed by atoms with Crippen LogP contribution in [0, 0.1) is 11.6 Å². The van der Waals surface area contributed by atoms with Gasteiger partial charge >= 0.3 is 0 Å². The summed E-state index contributed by atoms with van der Waals surface area (Å²) < 4.78 is 51.9. The lowest BCUT2D eigenvalue weighted by Gasteiger charge is -2.25. The molecule has 0 spiro atoms. The number of anilines is 2. The second-order valence-corrected chi connectivity index (χ2v) is 7.70. The highest BCUT2D eigenvalue weighted by atomic mass is 32.2. The molecule has 0 saturated carbocycles. The van der Waals surface area contributed by atoms with Crippen LogP contribution in [0.1, 0.15) is 5.56 Å². The molecule has 0 aromatic heterocycles. The Morgan fingerprint density at radius 1 is 1.20 bits per heavy atom. The maximum Gasteiger partial charge on any atom is 0.247 e. The lowest BCUT2D eigenvalue weighted by atomic mass is 10.2. The van der Waals surface area contributed by atoms with Gasteiger partial charge in [-0.3, -0.25) is 9.10 Å². The molecule has 1 amide bonds. The van der Waals surface area contributed by atoms with Crippen molar-refractivity contribution in [3.8, 4) is 0 Å². The molecule has 1 aliphatic heterocycles. The van der Waals surface area contributed by atoms with Crippen molar-refractivity contribution in [2.24, 2.45) is 0 Å². The van der Waals surface area contributed by atoms with Crippen LogP contribution in [0.2, 0.25) is 0 Å². The Kier molecular flexibility index (Phi) is 4.47. The fraction of sp³-hybridized carbons (Fsp3) is 0.235. The minimum atomic E-state index is -3.93. The first-order valence-electron chi connectivity index (χ1n) is 7.58. The molecule has 0 atom stereocenters. The van der Waals surface area contributed by atoms with Crippen molar-refractivity contribution in [1.82, 2.24) is 0 Å². The zero-order chi connectivity index (χ0) is 18.2. The van der Waals surface area contributed by atoms with Crippen molar-refractivity contribution in [3.05, 3.63) is 59.7 Å². The van der Waals surface area contributed by atoms with Crippen molar-refractivity contribution < 1.29 is 22.0 Å². The number of para-hydroxylation sites is 1. The van der Waals surface area contributed by atoms with Gasteiger partial charge in [-0.2, -0.15) is 0 Å². The minimum Gasteiger partial charge on any atom is -0.310 e. The van der Waals surface area contributed by atoms with Crippen LogP contribution < -0.4 is 9.21 Å². The standard InChI is InChI=1S/C17H16F2N2O3S/c1-25(23,24)21(16-7-6-13(18)10-14(16)19)11-17(22)20-9-8-12-4-2-3-5-15(12)20/h2-7,10H,8-9,11H2,1H3. The maximum absolute atomic E-state index is 14.0. The third-order valence-corrected chi connectivity index (χ3v) is 5.17. The number of rotatable bonds is 4. The molecule has 0 N–H and O–H groups in total. The molecule has 3 rings (SSSR count). The molecule has 2 aromatic rings. The third-order valence-electron chi connectivity index (χ3n) is 4.05. The Bertz CT molecular complexity index is 931. The van der Waals surface area contributed by atoms with Gasteiger partial charge in [-0.15, -0.1) is 0 Å². The first kappa shape index (κ1) is 17.3. The average molecular weight is 366 g/mol. The summed E-state index contributed by atoms with van der Waals surface area (Å²) in [5.41, 5.74) is 1.36. The number of amides is 1. The Balaban J connectivity index is 1.91. The second-order valence-electron chi connectivity index (χ2n) is 5.79. The van der Waals surface area contributed by atoms with Crippen molar-refractivity contribution >= 4 is 27.3 Å². The molecule has 0 bridgehead atoms. The summed E-state index contributed by atoms with van der Waals surface area (Å²) in [6, 6.07) is 9.88. The molecule has 25 heavy (non-hydrogen) atoms. The van der Waals surface area contributed by atoms with E-state index in [1.165, 1.54) is 4.90 Å². The van der Waals surface area contributed by atoms with E-state index < -0.39 is 34.1 Å². The highest BCUT2D eigenvalue weighted by Crippen LogP contribution is 2.29. The summed E-state index contributed by atoms with van der Waals surface area (Å²) in [6.45, 7) is -0.128. The van der Waals surface area contributed by atoms with Crippen molar-refractivity contribution in [3.63, 3.8) is 0 Å². The molecular formula is C17H16F2N2O3S. The topological polar surface area (TPSA) is 57.7 Å². The van der Waals surface area contributed by atoms with Gasteiger partial charge in [0, 0.05) is 18.3 Å². The molecular weight excluding hydrogens is 350 g/mol. The molecule has 0 radical (unpaired) electrons. The molecule has 0 fully saturated rings. The molecule has 5 nitrogen and oxygen atoms in total. The van der Waals surface area contributed by atoms with Crippen LogP contribution in [-0.2, 0) is 21.2 Å². The summed E-state index contributed by atoms with van der Waals surface area (Å²) in [5, 5.41) is 0. The molecule has 132 valence electrons. The Morgan fingerprint density at radius 3 is 2.60 bits per heavy atom. The number of carbonyl (C=O) groups excluding carboxylic acids is 1. The van der Waals surface area contributed by atoms with E-state index in [4.69, 9.17) is 0 Å². The van der Waals surface area contributed by atoms with Gasteiger partial charge in [-0.05, 0) is 30.2 Å². The van der Waals surface area contributed by atoms with Gasteiger partial charge in [0.2, 0.25) is 15.9 Å².